The second-order valence-electron chi connectivity index (χ2n) is 4.09. The highest BCUT2D eigenvalue weighted by Crippen LogP contribution is 2.21. The van der Waals surface area contributed by atoms with Crippen LogP contribution in [0.4, 0.5) is 0 Å². The summed E-state index contributed by atoms with van der Waals surface area (Å²) < 4.78 is 0. The quantitative estimate of drug-likeness (QED) is 0.764. The van der Waals surface area contributed by atoms with Crippen LogP contribution in [0.15, 0.2) is 6.07 Å². The van der Waals surface area contributed by atoms with Crippen LogP contribution in [0.3, 0.4) is 0 Å². The van der Waals surface area contributed by atoms with Gasteiger partial charge in [0.1, 0.15) is 0 Å². The van der Waals surface area contributed by atoms with Gasteiger partial charge in [-0.05, 0) is 37.9 Å². The summed E-state index contributed by atoms with van der Waals surface area (Å²) in [5.41, 5.74) is 3.27. The van der Waals surface area contributed by atoms with Gasteiger partial charge in [-0.1, -0.05) is 13.8 Å². The Bertz CT molecular complexity index is 393. The summed E-state index contributed by atoms with van der Waals surface area (Å²) in [5, 5.41) is 11.9. The molecule has 92 valence electrons. The van der Waals surface area contributed by atoms with Gasteiger partial charge in [0.05, 0.1) is 11.4 Å². The molecule has 1 rings (SSSR count). The SMILES string of the molecule is C#CCCC(NCC)c1cc(C)nnc1CC. The van der Waals surface area contributed by atoms with Crippen molar-refractivity contribution in [2.45, 2.75) is 46.1 Å². The maximum absolute atomic E-state index is 5.35. The van der Waals surface area contributed by atoms with Crippen LogP contribution in [0, 0.1) is 19.3 Å². The molecule has 0 spiro atoms. The van der Waals surface area contributed by atoms with Gasteiger partial charge in [0.25, 0.3) is 0 Å². The number of hydrogen-bond acceptors (Lipinski definition) is 3. The maximum Gasteiger partial charge on any atom is 0.0676 e. The Morgan fingerprint density at radius 1 is 1.41 bits per heavy atom. The van der Waals surface area contributed by atoms with E-state index in [0.29, 0.717) is 6.04 Å². The minimum atomic E-state index is 0.292. The zero-order chi connectivity index (χ0) is 12.7. The van der Waals surface area contributed by atoms with Crippen molar-refractivity contribution >= 4 is 0 Å². The van der Waals surface area contributed by atoms with Crippen molar-refractivity contribution in [3.05, 3.63) is 23.0 Å². The van der Waals surface area contributed by atoms with E-state index in [-0.39, 0.29) is 0 Å². The third-order valence-electron chi connectivity index (χ3n) is 2.76. The van der Waals surface area contributed by atoms with Crippen LogP contribution in [-0.2, 0) is 6.42 Å². The zero-order valence-electron chi connectivity index (χ0n) is 11.0. The van der Waals surface area contributed by atoms with E-state index in [2.05, 4.69) is 41.3 Å². The van der Waals surface area contributed by atoms with E-state index in [9.17, 15) is 0 Å². The summed E-state index contributed by atoms with van der Waals surface area (Å²) in [6.45, 7) is 7.11. The number of rotatable bonds is 6. The van der Waals surface area contributed by atoms with E-state index in [0.717, 1.165) is 37.2 Å². The highest BCUT2D eigenvalue weighted by atomic mass is 15.1. The molecule has 0 aliphatic carbocycles. The second-order valence-corrected chi connectivity index (χ2v) is 4.09. The number of aromatic nitrogens is 2. The Kier molecular flexibility index (Phi) is 5.65. The topological polar surface area (TPSA) is 37.8 Å². The molecule has 0 saturated carbocycles. The van der Waals surface area contributed by atoms with Gasteiger partial charge < -0.3 is 5.32 Å². The van der Waals surface area contributed by atoms with Crippen molar-refractivity contribution in [3.8, 4) is 12.3 Å². The largest absolute Gasteiger partial charge is 0.310 e. The molecule has 0 amide bonds. The highest BCUT2D eigenvalue weighted by Gasteiger charge is 2.14. The molecule has 1 N–H and O–H groups in total. The Labute approximate surface area is 104 Å². The van der Waals surface area contributed by atoms with Crippen LogP contribution < -0.4 is 5.32 Å². The third-order valence-corrected chi connectivity index (χ3v) is 2.76. The molecule has 1 aromatic heterocycles. The molecule has 1 atom stereocenters. The molecule has 0 radical (unpaired) electrons. The monoisotopic (exact) mass is 231 g/mol. The zero-order valence-corrected chi connectivity index (χ0v) is 11.0. The van der Waals surface area contributed by atoms with Crippen LogP contribution in [0.2, 0.25) is 0 Å². The maximum atomic E-state index is 5.35. The van der Waals surface area contributed by atoms with Crippen LogP contribution >= 0.6 is 0 Å². The van der Waals surface area contributed by atoms with Gasteiger partial charge in [-0.15, -0.1) is 12.3 Å². The molecule has 0 bridgehead atoms. The Morgan fingerprint density at radius 3 is 2.76 bits per heavy atom. The number of aryl methyl sites for hydroxylation is 2. The second kappa shape index (κ2) is 7.03. The van der Waals surface area contributed by atoms with E-state index in [1.165, 1.54) is 5.56 Å². The first-order valence-electron chi connectivity index (χ1n) is 6.22. The molecule has 3 heteroatoms. The fourth-order valence-corrected chi connectivity index (χ4v) is 1.95. The molecule has 0 aromatic carbocycles. The van der Waals surface area contributed by atoms with Gasteiger partial charge in [-0.3, -0.25) is 0 Å². The molecule has 0 fully saturated rings. The summed E-state index contributed by atoms with van der Waals surface area (Å²) in [4.78, 5) is 0. The predicted octanol–water partition coefficient (Wildman–Crippen LogP) is 2.41. The first-order valence-corrected chi connectivity index (χ1v) is 6.22. The molecule has 1 heterocycles. The summed E-state index contributed by atoms with van der Waals surface area (Å²) in [6.07, 6.45) is 7.98. The minimum absolute atomic E-state index is 0.292. The molecule has 17 heavy (non-hydrogen) atoms. The molecular weight excluding hydrogens is 210 g/mol. The Hall–Kier alpha value is -1.40. The Morgan fingerprint density at radius 2 is 2.18 bits per heavy atom. The summed E-state index contributed by atoms with van der Waals surface area (Å²) in [5.74, 6) is 2.70. The number of terminal acetylenes is 1. The molecule has 1 unspecified atom stereocenters. The van der Waals surface area contributed by atoms with Crippen LogP contribution in [-0.4, -0.2) is 16.7 Å². The van der Waals surface area contributed by atoms with Crippen molar-refractivity contribution in [2.24, 2.45) is 0 Å². The lowest BCUT2D eigenvalue weighted by Crippen LogP contribution is -2.23. The third kappa shape index (κ3) is 3.83. The van der Waals surface area contributed by atoms with E-state index in [4.69, 9.17) is 6.42 Å². The summed E-state index contributed by atoms with van der Waals surface area (Å²) in [7, 11) is 0. The van der Waals surface area contributed by atoms with Crippen molar-refractivity contribution in [1.29, 1.82) is 0 Å². The summed E-state index contributed by atoms with van der Waals surface area (Å²) >= 11 is 0. The number of nitrogens with one attached hydrogen (secondary N) is 1. The lowest BCUT2D eigenvalue weighted by atomic mass is 9.99. The first-order chi connectivity index (χ1) is 8.22. The van der Waals surface area contributed by atoms with Gasteiger partial charge >= 0.3 is 0 Å². The van der Waals surface area contributed by atoms with Crippen molar-refractivity contribution in [3.63, 3.8) is 0 Å². The van der Waals surface area contributed by atoms with Crippen molar-refractivity contribution in [2.75, 3.05) is 6.54 Å². The van der Waals surface area contributed by atoms with Gasteiger partial charge in [0.15, 0.2) is 0 Å². The van der Waals surface area contributed by atoms with Crippen LogP contribution in [0.1, 0.15) is 49.7 Å². The molecular formula is C14H21N3. The molecule has 0 aliphatic heterocycles. The van der Waals surface area contributed by atoms with E-state index in [1.54, 1.807) is 0 Å². The average molecular weight is 231 g/mol. The lowest BCUT2D eigenvalue weighted by molar-refractivity contribution is 0.514. The number of nitrogens with zero attached hydrogens (tertiary/aromatic N) is 2. The van der Waals surface area contributed by atoms with E-state index in [1.807, 2.05) is 6.92 Å². The van der Waals surface area contributed by atoms with Crippen LogP contribution in [0.25, 0.3) is 0 Å². The number of hydrogen-bond donors (Lipinski definition) is 1. The summed E-state index contributed by atoms with van der Waals surface area (Å²) in [6, 6.07) is 2.41. The highest BCUT2D eigenvalue weighted by molar-refractivity contribution is 5.25. The normalized spacial score (nSPS) is 12.1. The molecule has 1 aromatic rings. The van der Waals surface area contributed by atoms with Crippen molar-refractivity contribution in [1.82, 2.24) is 15.5 Å². The molecule has 0 saturated heterocycles. The van der Waals surface area contributed by atoms with Gasteiger partial charge in [0.2, 0.25) is 0 Å². The van der Waals surface area contributed by atoms with Crippen LogP contribution in [0.5, 0.6) is 0 Å². The molecule has 3 nitrogen and oxygen atoms in total. The van der Waals surface area contributed by atoms with Crippen molar-refractivity contribution < 1.29 is 0 Å². The fourth-order valence-electron chi connectivity index (χ4n) is 1.95. The minimum Gasteiger partial charge on any atom is -0.310 e. The fraction of sp³-hybridized carbons (Fsp3) is 0.571. The van der Waals surface area contributed by atoms with Gasteiger partial charge in [0, 0.05) is 12.5 Å². The average Bonchev–Trinajstić information content (AvgIpc) is 2.34. The van der Waals surface area contributed by atoms with E-state index < -0.39 is 0 Å². The predicted molar refractivity (Wildman–Crippen MR) is 70.6 cm³/mol. The first kappa shape index (κ1) is 13.7. The van der Waals surface area contributed by atoms with Gasteiger partial charge in [-0.2, -0.15) is 10.2 Å². The smallest absolute Gasteiger partial charge is 0.0676 e. The van der Waals surface area contributed by atoms with E-state index >= 15 is 0 Å². The lowest BCUT2D eigenvalue weighted by Gasteiger charge is -2.19. The van der Waals surface area contributed by atoms with Gasteiger partial charge in [-0.25, -0.2) is 0 Å². The molecule has 0 aliphatic rings. The standard InChI is InChI=1S/C14H21N3/c1-5-8-9-14(15-7-3)12-10-11(4)16-17-13(12)6-2/h1,10,14-15H,6-9H2,2-4H3. The Balaban J connectivity index is 2.98.